The van der Waals surface area contributed by atoms with Gasteiger partial charge in [0.25, 0.3) is 5.91 Å². The van der Waals surface area contributed by atoms with Crippen molar-refractivity contribution in [2.45, 2.75) is 90.9 Å². The molecule has 8 rings (SSSR count). The molecule has 0 saturated heterocycles. The number of esters is 2. The van der Waals surface area contributed by atoms with Crippen LogP contribution in [-0.4, -0.2) is 99.2 Å². The molecule has 3 atom stereocenters. The van der Waals surface area contributed by atoms with E-state index in [0.717, 1.165) is 91.7 Å². The third-order valence-electron chi connectivity index (χ3n) is 12.6. The number of carbonyl (C=O) groups is 3. The molecule has 3 aliphatic rings. The molecular weight excluding hydrogens is 977 g/mol. The zero-order valence-corrected chi connectivity index (χ0v) is 45.2. The Labute approximate surface area is 445 Å². The number of hydrogen-bond donors (Lipinski definition) is 3. The molecule has 0 spiro atoms. The molecule has 72 heavy (non-hydrogen) atoms. The fourth-order valence-corrected chi connectivity index (χ4v) is 8.27. The molecule has 0 unspecified atom stereocenters. The summed E-state index contributed by atoms with van der Waals surface area (Å²) >= 11 is 0. The summed E-state index contributed by atoms with van der Waals surface area (Å²) in [6, 6.07) is 33.5. The van der Waals surface area contributed by atoms with E-state index < -0.39 is 5.91 Å². The molecule has 392 valence electrons. The molecule has 18 heteroatoms. The topological polar surface area (TPSA) is 167 Å². The van der Waals surface area contributed by atoms with Crippen LogP contribution >= 0.6 is 40.5 Å². The smallest absolute Gasteiger partial charge is 0.337 e. The van der Waals surface area contributed by atoms with Crippen LogP contribution in [0.2, 0.25) is 0 Å². The van der Waals surface area contributed by atoms with Gasteiger partial charge in [-0.05, 0) is 91.1 Å². The molecule has 3 N–H and O–H groups in total. The van der Waals surface area contributed by atoms with Crippen LogP contribution in [-0.2, 0) is 42.2 Å². The summed E-state index contributed by atoms with van der Waals surface area (Å²) in [6.07, 6.45) is 2.99. The van der Waals surface area contributed by atoms with Crippen molar-refractivity contribution in [3.8, 4) is 28.7 Å². The van der Waals surface area contributed by atoms with Crippen LogP contribution in [0.4, 0.5) is 0 Å². The highest BCUT2D eigenvalue weighted by Crippen LogP contribution is 2.31. The van der Waals surface area contributed by atoms with Gasteiger partial charge in [0.15, 0.2) is 0 Å². The normalized spacial score (nSPS) is 16.7. The zero-order valence-electron chi connectivity index (χ0n) is 42.2. The zero-order chi connectivity index (χ0) is 49.3. The molecular formula is C54H72N4O11S3. The van der Waals surface area contributed by atoms with Gasteiger partial charge in [-0.3, -0.25) is 19.8 Å². The Morgan fingerprint density at radius 2 is 0.972 bits per heavy atom. The number of benzene rings is 5. The molecule has 1 amide bonds. The van der Waals surface area contributed by atoms with Gasteiger partial charge in [0, 0.05) is 73.1 Å². The number of fused-ring (bicyclic) bond motifs is 3. The summed E-state index contributed by atoms with van der Waals surface area (Å²) in [5.41, 5.74) is 8.72. The predicted molar refractivity (Wildman–Crippen MR) is 292 cm³/mol. The Morgan fingerprint density at radius 1 is 0.569 bits per heavy atom. The van der Waals surface area contributed by atoms with Gasteiger partial charge < -0.3 is 38.5 Å². The van der Waals surface area contributed by atoms with E-state index in [0.29, 0.717) is 54.3 Å². The molecule has 0 radical (unpaired) electrons. The third kappa shape index (κ3) is 16.5. The number of amides is 1. The van der Waals surface area contributed by atoms with Gasteiger partial charge in [-0.1, -0.05) is 63.2 Å². The van der Waals surface area contributed by atoms with Crippen molar-refractivity contribution >= 4 is 58.3 Å². The Bertz CT molecular complexity index is 2350. The van der Waals surface area contributed by atoms with E-state index >= 15 is 0 Å². The highest BCUT2D eigenvalue weighted by atomic mass is 32.1. The van der Waals surface area contributed by atoms with Crippen molar-refractivity contribution < 1.29 is 52.7 Å². The van der Waals surface area contributed by atoms with E-state index in [4.69, 9.17) is 38.4 Å². The van der Waals surface area contributed by atoms with E-state index in [1.54, 1.807) is 56.1 Å². The van der Waals surface area contributed by atoms with Crippen LogP contribution in [0.1, 0.15) is 98.9 Å². The second kappa shape index (κ2) is 30.4. The van der Waals surface area contributed by atoms with Crippen LogP contribution in [0, 0.1) is 0 Å². The van der Waals surface area contributed by atoms with Crippen molar-refractivity contribution in [3.05, 3.63) is 148 Å². The van der Waals surface area contributed by atoms with Crippen LogP contribution in [0.25, 0.3) is 0 Å². The van der Waals surface area contributed by atoms with E-state index in [9.17, 15) is 14.4 Å². The van der Waals surface area contributed by atoms with E-state index in [2.05, 4.69) is 60.2 Å². The number of ether oxygens (including phenoxy) is 7. The quantitative estimate of drug-likeness (QED) is 0.0617. The summed E-state index contributed by atoms with van der Waals surface area (Å²) in [4.78, 5) is 39.6. The van der Waals surface area contributed by atoms with Gasteiger partial charge in [-0.25, -0.2) is 15.1 Å². The van der Waals surface area contributed by atoms with E-state index in [1.807, 2.05) is 42.5 Å². The number of methoxy groups -OCH3 is 4. The standard InChI is InChI=1S/C21H25NO4.C20H24N2O4.C13H17NO3.3H2S/c1-4-18-14-26-20-11-16(21(23)25-3)7-8-17(20)13-22(18)12-15-5-9-19(24-2)10-6-15;1-3-17-13-26-19-10-15(20(23)21-24)6-7-16(19)12-22(17)11-14-4-8-18(25-2)9-5-14;1-3-11-8-17-12-6-9(13(15)16-2)4-5-10(12)7-14-11;;;/h5-11,18H,4,12-14H2,1-3H3;4-10,17,24H,3,11-13H2,1-2H3,(H,21,23);4-6,11,14H,3,7-8H2,1-2H3;3*1H2/t18-;17-;11-;;;/m000.../s1. The molecule has 0 bridgehead atoms. The number of nitrogens with zero attached hydrogens (tertiary/aromatic N) is 2. The number of hydrogen-bond acceptors (Lipinski definition) is 14. The van der Waals surface area contributed by atoms with Gasteiger partial charge in [0.2, 0.25) is 0 Å². The van der Waals surface area contributed by atoms with Crippen LogP contribution in [0.15, 0.2) is 103 Å². The molecule has 3 heterocycles. The number of hydroxylamine groups is 1. The first kappa shape index (κ1) is 60.7. The number of rotatable bonds is 12. The van der Waals surface area contributed by atoms with Gasteiger partial charge >= 0.3 is 11.9 Å². The fraction of sp³-hybridized carbons (Fsp3) is 0.389. The van der Waals surface area contributed by atoms with E-state index in [1.165, 1.54) is 25.3 Å². The van der Waals surface area contributed by atoms with Crippen molar-refractivity contribution in [1.29, 1.82) is 0 Å². The molecule has 3 aliphatic heterocycles. The molecule has 15 nitrogen and oxygen atoms in total. The summed E-state index contributed by atoms with van der Waals surface area (Å²) in [6.45, 7) is 12.2. The highest BCUT2D eigenvalue weighted by molar-refractivity contribution is 7.59. The van der Waals surface area contributed by atoms with Crippen molar-refractivity contribution in [2.24, 2.45) is 0 Å². The van der Waals surface area contributed by atoms with Gasteiger partial charge in [0.05, 0.1) is 39.6 Å². The SMILES string of the molecule is CC[C@H]1COc2cc(C(=O)NO)ccc2CN1Cc1ccc(OC)cc1.CC[C@H]1COc2cc(C(=O)OC)ccc2CN1.CC[C@H]1COc2cc(C(=O)OC)ccc2CN1Cc1ccc(OC)cc1.S.S.S. The molecule has 5 aromatic rings. The lowest BCUT2D eigenvalue weighted by Gasteiger charge is -2.28. The Morgan fingerprint density at radius 3 is 1.38 bits per heavy atom. The van der Waals surface area contributed by atoms with Crippen LogP contribution in [0.3, 0.4) is 0 Å². The molecule has 0 saturated carbocycles. The minimum absolute atomic E-state index is 0. The first-order valence-electron chi connectivity index (χ1n) is 23.4. The average Bonchev–Trinajstić information content (AvgIpc) is 3.80. The maximum atomic E-state index is 11.8. The lowest BCUT2D eigenvalue weighted by Crippen LogP contribution is -2.36. The summed E-state index contributed by atoms with van der Waals surface area (Å²) in [7, 11) is 6.10. The molecule has 5 aromatic carbocycles. The summed E-state index contributed by atoms with van der Waals surface area (Å²) < 4.78 is 37.7. The van der Waals surface area contributed by atoms with Crippen LogP contribution < -0.4 is 34.5 Å². The monoisotopic (exact) mass is 1050 g/mol. The highest BCUT2D eigenvalue weighted by Gasteiger charge is 2.26. The van der Waals surface area contributed by atoms with E-state index in [-0.39, 0.29) is 58.5 Å². The Kier molecular flexibility index (Phi) is 25.7. The molecule has 0 fully saturated rings. The third-order valence-corrected chi connectivity index (χ3v) is 12.6. The number of nitrogens with one attached hydrogen (secondary N) is 2. The predicted octanol–water partition coefficient (Wildman–Crippen LogP) is 8.71. The average molecular weight is 1050 g/mol. The van der Waals surface area contributed by atoms with Gasteiger partial charge in [0.1, 0.15) is 48.6 Å². The fourth-order valence-electron chi connectivity index (χ4n) is 8.27. The summed E-state index contributed by atoms with van der Waals surface area (Å²) in [5, 5.41) is 12.2. The number of carbonyl (C=O) groups excluding carboxylic acids is 3. The van der Waals surface area contributed by atoms with Crippen LogP contribution in [0.5, 0.6) is 28.7 Å². The summed E-state index contributed by atoms with van der Waals surface area (Å²) in [5.74, 6) is 2.73. The maximum Gasteiger partial charge on any atom is 0.337 e. The first-order valence-corrected chi connectivity index (χ1v) is 23.4. The molecule has 0 aliphatic carbocycles. The largest absolute Gasteiger partial charge is 0.497 e. The van der Waals surface area contributed by atoms with Crippen molar-refractivity contribution in [2.75, 3.05) is 48.3 Å². The minimum atomic E-state index is -0.539. The Hall–Kier alpha value is -5.60. The van der Waals surface area contributed by atoms with Gasteiger partial charge in [-0.2, -0.15) is 40.5 Å². The molecule has 0 aromatic heterocycles. The van der Waals surface area contributed by atoms with Crippen molar-refractivity contribution in [3.63, 3.8) is 0 Å². The minimum Gasteiger partial charge on any atom is -0.497 e. The Balaban J connectivity index is 0.000000286. The van der Waals surface area contributed by atoms with Crippen molar-refractivity contribution in [1.82, 2.24) is 20.6 Å². The lowest BCUT2D eigenvalue weighted by atomic mass is 10.1. The second-order valence-electron chi connectivity index (χ2n) is 16.9. The maximum absolute atomic E-state index is 11.8. The lowest BCUT2D eigenvalue weighted by molar-refractivity contribution is 0.0591. The first-order chi connectivity index (χ1) is 33.5. The second-order valence-corrected chi connectivity index (χ2v) is 16.9. The van der Waals surface area contributed by atoms with Gasteiger partial charge in [-0.15, -0.1) is 0 Å².